The van der Waals surface area contributed by atoms with Crippen molar-refractivity contribution >= 4 is 12.0 Å². The third-order valence-corrected chi connectivity index (χ3v) is 3.76. The van der Waals surface area contributed by atoms with Gasteiger partial charge in [0.15, 0.2) is 5.82 Å². The van der Waals surface area contributed by atoms with Crippen molar-refractivity contribution in [1.82, 2.24) is 14.8 Å². The molecule has 28 heavy (non-hydrogen) atoms. The van der Waals surface area contributed by atoms with Crippen LogP contribution in [-0.2, 0) is 4.79 Å². The summed E-state index contributed by atoms with van der Waals surface area (Å²) in [6.07, 6.45) is -0.743. The van der Waals surface area contributed by atoms with Gasteiger partial charge in [0.25, 0.3) is 0 Å². The molecule has 0 spiro atoms. The molecule has 0 aliphatic rings. The molecular weight excluding hydrogens is 375 g/mol. The average Bonchev–Trinajstić information content (AvgIpc) is 3.10. The lowest BCUT2D eigenvalue weighted by Crippen LogP contribution is -2.17. The highest BCUT2D eigenvalue weighted by molar-refractivity contribution is 5.85. The van der Waals surface area contributed by atoms with Crippen molar-refractivity contribution < 1.29 is 27.8 Å². The predicted octanol–water partition coefficient (Wildman–Crippen LogP) is 4.24. The lowest BCUT2D eigenvalue weighted by atomic mass is 10.0. The Bertz CT molecular complexity index is 1020. The Morgan fingerprint density at radius 2 is 1.89 bits per heavy atom. The Labute approximate surface area is 157 Å². The molecule has 0 aliphatic heterocycles. The molecule has 1 aromatic heterocycles. The van der Waals surface area contributed by atoms with Crippen LogP contribution in [0.2, 0.25) is 0 Å². The summed E-state index contributed by atoms with van der Waals surface area (Å²) in [6.45, 7) is 1.83. The number of alkyl halides is 3. The molecule has 0 radical (unpaired) electrons. The van der Waals surface area contributed by atoms with Crippen LogP contribution >= 0.6 is 0 Å². The minimum absolute atomic E-state index is 0.322. The van der Waals surface area contributed by atoms with Crippen LogP contribution in [0.15, 0.2) is 54.9 Å². The number of hydrogen-bond donors (Lipinski definition) is 1. The maximum atomic E-state index is 12.2. The molecule has 0 unspecified atom stereocenters. The second-order valence-electron chi connectivity index (χ2n) is 5.80. The van der Waals surface area contributed by atoms with Crippen molar-refractivity contribution in [3.8, 4) is 22.8 Å². The van der Waals surface area contributed by atoms with Crippen molar-refractivity contribution in [3.05, 3.63) is 66.0 Å². The van der Waals surface area contributed by atoms with Crippen LogP contribution in [0.25, 0.3) is 23.2 Å². The summed E-state index contributed by atoms with van der Waals surface area (Å²) in [7, 11) is 0. The molecular formula is C19H14F3N3O3. The Morgan fingerprint density at radius 3 is 2.50 bits per heavy atom. The van der Waals surface area contributed by atoms with E-state index in [2.05, 4.69) is 14.8 Å². The van der Waals surface area contributed by atoms with E-state index in [0.29, 0.717) is 11.5 Å². The first-order valence-electron chi connectivity index (χ1n) is 8.01. The van der Waals surface area contributed by atoms with E-state index in [1.54, 1.807) is 12.1 Å². The molecule has 0 fully saturated rings. The molecule has 0 saturated carbocycles. The van der Waals surface area contributed by atoms with Crippen molar-refractivity contribution in [2.24, 2.45) is 0 Å². The fraction of sp³-hybridized carbons (Fsp3) is 0.105. The Hall–Kier alpha value is -3.62. The maximum absolute atomic E-state index is 12.2. The van der Waals surface area contributed by atoms with Crippen molar-refractivity contribution in [2.45, 2.75) is 13.3 Å². The van der Waals surface area contributed by atoms with E-state index in [0.717, 1.165) is 22.8 Å². The van der Waals surface area contributed by atoms with Gasteiger partial charge in [-0.25, -0.2) is 14.5 Å². The number of hydrogen-bond acceptors (Lipinski definition) is 4. The van der Waals surface area contributed by atoms with E-state index in [1.165, 1.54) is 41.4 Å². The van der Waals surface area contributed by atoms with Crippen molar-refractivity contribution in [2.75, 3.05) is 0 Å². The first-order valence-corrected chi connectivity index (χ1v) is 8.01. The lowest BCUT2D eigenvalue weighted by molar-refractivity contribution is -0.274. The fourth-order valence-corrected chi connectivity index (χ4v) is 2.48. The van der Waals surface area contributed by atoms with Gasteiger partial charge in [-0.15, -0.1) is 18.3 Å². The number of aryl methyl sites for hydroxylation is 1. The first kappa shape index (κ1) is 19.2. The number of ether oxygens (including phenoxy) is 1. The van der Waals surface area contributed by atoms with Gasteiger partial charge in [-0.05, 0) is 54.5 Å². The van der Waals surface area contributed by atoms with E-state index < -0.39 is 12.3 Å². The molecule has 2 aromatic carbocycles. The number of carboxylic acids is 1. The van der Waals surface area contributed by atoms with Crippen molar-refractivity contribution in [3.63, 3.8) is 0 Å². The molecule has 0 amide bonds. The second kappa shape index (κ2) is 7.55. The second-order valence-corrected chi connectivity index (χ2v) is 5.80. The summed E-state index contributed by atoms with van der Waals surface area (Å²) in [4.78, 5) is 14.8. The monoisotopic (exact) mass is 389 g/mol. The van der Waals surface area contributed by atoms with E-state index in [9.17, 15) is 18.0 Å². The highest BCUT2D eigenvalue weighted by atomic mass is 19.4. The van der Waals surface area contributed by atoms with Crippen LogP contribution in [0.5, 0.6) is 5.75 Å². The number of nitrogens with zero attached hydrogens (tertiary/aromatic N) is 3. The largest absolute Gasteiger partial charge is 0.573 e. The maximum Gasteiger partial charge on any atom is 0.573 e. The highest BCUT2D eigenvalue weighted by Crippen LogP contribution is 2.24. The van der Waals surface area contributed by atoms with E-state index in [1.807, 2.05) is 13.0 Å². The average molecular weight is 389 g/mol. The molecule has 0 saturated heterocycles. The number of halogens is 3. The van der Waals surface area contributed by atoms with Gasteiger partial charge in [-0.2, -0.15) is 0 Å². The van der Waals surface area contributed by atoms with Gasteiger partial charge in [-0.1, -0.05) is 12.1 Å². The summed E-state index contributed by atoms with van der Waals surface area (Å²) in [5.41, 5.74) is 2.84. The molecule has 1 N–H and O–H groups in total. The van der Waals surface area contributed by atoms with Gasteiger partial charge < -0.3 is 9.84 Å². The predicted molar refractivity (Wildman–Crippen MR) is 94.9 cm³/mol. The van der Waals surface area contributed by atoms with E-state index in [-0.39, 0.29) is 5.75 Å². The van der Waals surface area contributed by atoms with E-state index >= 15 is 0 Å². The Morgan fingerprint density at radius 1 is 1.18 bits per heavy atom. The summed E-state index contributed by atoms with van der Waals surface area (Å²) >= 11 is 0. The molecule has 144 valence electrons. The molecule has 1 heterocycles. The van der Waals surface area contributed by atoms with Crippen LogP contribution in [0.1, 0.15) is 11.1 Å². The summed E-state index contributed by atoms with van der Waals surface area (Å²) in [5.74, 6) is -0.930. The number of rotatable bonds is 5. The van der Waals surface area contributed by atoms with Crippen LogP contribution in [0.3, 0.4) is 0 Å². The third-order valence-electron chi connectivity index (χ3n) is 3.76. The minimum atomic E-state index is -4.74. The Balaban J connectivity index is 1.80. The van der Waals surface area contributed by atoms with Gasteiger partial charge in [-0.3, -0.25) is 0 Å². The molecule has 0 aliphatic carbocycles. The van der Waals surface area contributed by atoms with Gasteiger partial charge in [0.05, 0.1) is 5.69 Å². The minimum Gasteiger partial charge on any atom is -0.478 e. The highest BCUT2D eigenvalue weighted by Gasteiger charge is 2.30. The standard InChI is InChI=1S/C19H14F3N3O3/c1-12-10-14(3-2-13(12)4-9-17(26)27)18-23-11-25(24-18)15-5-7-16(8-6-15)28-19(20,21)22/h2-11H,1H3,(H,26,27). The van der Waals surface area contributed by atoms with Crippen LogP contribution < -0.4 is 4.74 Å². The zero-order valence-corrected chi connectivity index (χ0v) is 14.5. The summed E-state index contributed by atoms with van der Waals surface area (Å²) in [5, 5.41) is 13.0. The van der Waals surface area contributed by atoms with E-state index in [4.69, 9.17) is 5.11 Å². The van der Waals surface area contributed by atoms with Crippen LogP contribution in [0.4, 0.5) is 13.2 Å². The number of benzene rings is 2. The molecule has 0 bridgehead atoms. The van der Waals surface area contributed by atoms with Gasteiger partial charge in [0, 0.05) is 11.6 Å². The molecule has 0 atom stereocenters. The smallest absolute Gasteiger partial charge is 0.478 e. The summed E-state index contributed by atoms with van der Waals surface area (Å²) < 4.78 is 41.9. The SMILES string of the molecule is Cc1cc(-c2ncn(-c3ccc(OC(F)(F)F)cc3)n2)ccc1C=CC(=O)O. The molecule has 3 aromatic rings. The third kappa shape index (κ3) is 4.76. The summed E-state index contributed by atoms with van der Waals surface area (Å²) in [6, 6.07) is 10.6. The number of aromatic nitrogens is 3. The van der Waals surface area contributed by atoms with Gasteiger partial charge in [0.2, 0.25) is 0 Å². The normalized spacial score (nSPS) is 11.7. The van der Waals surface area contributed by atoms with Gasteiger partial charge >= 0.3 is 12.3 Å². The molecule has 3 rings (SSSR count). The van der Waals surface area contributed by atoms with Crippen molar-refractivity contribution in [1.29, 1.82) is 0 Å². The quantitative estimate of drug-likeness (QED) is 0.661. The van der Waals surface area contributed by atoms with Crippen LogP contribution in [0, 0.1) is 6.92 Å². The van der Waals surface area contributed by atoms with Gasteiger partial charge in [0.1, 0.15) is 12.1 Å². The zero-order valence-electron chi connectivity index (χ0n) is 14.5. The number of aliphatic carboxylic acids is 1. The number of carboxylic acid groups (broad SMARTS) is 1. The fourth-order valence-electron chi connectivity index (χ4n) is 2.48. The lowest BCUT2D eigenvalue weighted by Gasteiger charge is -2.09. The zero-order chi connectivity index (χ0) is 20.3. The first-order chi connectivity index (χ1) is 13.2. The van der Waals surface area contributed by atoms with Crippen LogP contribution in [-0.4, -0.2) is 32.2 Å². The number of carbonyl (C=O) groups is 1. The molecule has 6 nitrogen and oxygen atoms in total. The Kier molecular flexibility index (Phi) is 5.16. The topological polar surface area (TPSA) is 77.2 Å². The molecule has 9 heteroatoms.